The van der Waals surface area contributed by atoms with Crippen molar-refractivity contribution in [2.24, 2.45) is 0 Å². The second kappa shape index (κ2) is 27.2. The van der Waals surface area contributed by atoms with Crippen molar-refractivity contribution < 1.29 is 0 Å². The van der Waals surface area contributed by atoms with Crippen LogP contribution < -0.4 is 4.90 Å². The van der Waals surface area contributed by atoms with Gasteiger partial charge < -0.3 is 4.90 Å². The topological polar surface area (TPSA) is 3.24 Å². The zero-order valence-corrected chi connectivity index (χ0v) is 60.7. The molecule has 1 nitrogen and oxygen atoms in total. The summed E-state index contributed by atoms with van der Waals surface area (Å²) in [6.07, 6.45) is 0. The molecular weight excluding hydrogens is 1300 g/mol. The van der Waals surface area contributed by atoms with E-state index in [0.717, 1.165) is 17.1 Å². The van der Waals surface area contributed by atoms with Gasteiger partial charge >= 0.3 is 0 Å². The number of fused-ring (bicyclic) bond motifs is 6. The van der Waals surface area contributed by atoms with Crippen LogP contribution in [0.5, 0.6) is 0 Å². The first-order valence-corrected chi connectivity index (χ1v) is 37.7. The minimum absolute atomic E-state index is 0.720. The highest BCUT2D eigenvalue weighted by molar-refractivity contribution is 5.94. The van der Waals surface area contributed by atoms with Gasteiger partial charge in [0.25, 0.3) is 0 Å². The second-order valence-electron chi connectivity index (χ2n) is 29.3. The normalized spacial score (nSPS) is 12.7. The van der Waals surface area contributed by atoms with Gasteiger partial charge in [-0.2, -0.15) is 0 Å². The Morgan fingerprint density at radius 1 is 0.157 bits per heavy atom. The molecule has 0 N–H and O–H groups in total. The first kappa shape index (κ1) is 65.3. The number of nitrogens with zero attached hydrogens (tertiary/aromatic N) is 1. The molecule has 0 heterocycles. The zero-order valence-electron chi connectivity index (χ0n) is 60.7. The number of rotatable bonds is 15. The molecule has 0 aliphatic heterocycles. The van der Waals surface area contributed by atoms with E-state index in [0.29, 0.717) is 0 Å². The lowest BCUT2D eigenvalue weighted by Crippen LogP contribution is -2.29. The van der Waals surface area contributed by atoms with Crippen LogP contribution in [0.1, 0.15) is 61.2 Å². The molecule has 2 aliphatic rings. The van der Waals surface area contributed by atoms with Gasteiger partial charge in [-0.25, -0.2) is 0 Å². The lowest BCUT2D eigenvalue weighted by Gasteiger charge is -2.36. The Bertz CT molecular complexity index is 5500. The molecule has 0 radical (unpaired) electrons. The van der Waals surface area contributed by atoms with Crippen molar-refractivity contribution in [3.05, 3.63) is 474 Å². The lowest BCUT2D eigenvalue weighted by molar-refractivity contribution is 0.768. The van der Waals surface area contributed by atoms with Crippen LogP contribution in [-0.2, 0) is 10.8 Å². The van der Waals surface area contributed by atoms with Crippen LogP contribution in [-0.4, -0.2) is 0 Å². The SMILES string of the molecule is Cc1ccc(N(c2ccc(C3(c4ccc(C)cc4)c4cc(-c5ccc(-c6ccccc6)cc5)ccc4-c4ccc(-c5ccc(-c6ccccc6)cc5)cc43)cc2)c2ccc(C3(c4ccc(C)cc4)c4cc(-c5ccc(-c6ccccc6)cc5)ccc4-c4ccc(-c5ccc(-c6ccccc6)cc5)cc43)cc2)cc1. The number of benzene rings is 17. The molecule has 1 heteroatoms. The zero-order chi connectivity index (χ0) is 72.3. The van der Waals surface area contributed by atoms with E-state index in [1.165, 1.54) is 172 Å². The summed E-state index contributed by atoms with van der Waals surface area (Å²) in [4.78, 5) is 2.44. The Morgan fingerprint density at radius 3 is 0.546 bits per heavy atom. The van der Waals surface area contributed by atoms with E-state index in [2.05, 4.69) is 438 Å². The molecule has 0 bridgehead atoms. The predicted molar refractivity (Wildman–Crippen MR) is 453 cm³/mol. The number of aryl methyl sites for hydroxylation is 3. The van der Waals surface area contributed by atoms with Crippen molar-refractivity contribution in [3.63, 3.8) is 0 Å². The van der Waals surface area contributed by atoms with E-state index >= 15 is 0 Å². The van der Waals surface area contributed by atoms with Crippen LogP contribution >= 0.6 is 0 Å². The van der Waals surface area contributed by atoms with E-state index in [4.69, 9.17) is 0 Å². The van der Waals surface area contributed by atoms with Crippen molar-refractivity contribution in [2.45, 2.75) is 31.6 Å². The molecule has 108 heavy (non-hydrogen) atoms. The monoisotopic (exact) mass is 1380 g/mol. The second-order valence-corrected chi connectivity index (χ2v) is 29.3. The van der Waals surface area contributed by atoms with Gasteiger partial charge in [-0.3, -0.25) is 0 Å². The fourth-order valence-electron chi connectivity index (χ4n) is 17.4. The standard InChI is InChI=1S/C107H77N/c1-72-24-50-91(51-25-72)106(102-68-87(83-38-30-79(31-39-83)75-16-8-4-9-17-75)46-64-98(102)99-65-47-88(69-103(99)106)84-40-32-80(33-41-84)76-18-10-5-11-19-76)93-54-60-96(61-55-93)108(95-58-28-74(3)29-59-95)97-62-56-94(57-63-97)107(92-52-26-73(2)27-53-92)104-70-89(85-42-34-81(35-43-85)77-20-12-6-13-21-77)48-66-100(104)101-67-49-90(71-105(101)107)86-44-36-82(37-45-86)78-22-14-7-15-23-78/h4-71H,1-3H3. The third kappa shape index (κ3) is 11.4. The highest BCUT2D eigenvalue weighted by atomic mass is 15.1. The predicted octanol–water partition coefficient (Wildman–Crippen LogP) is 28.1. The minimum atomic E-state index is -0.720. The Morgan fingerprint density at radius 2 is 0.324 bits per heavy atom. The van der Waals surface area contributed by atoms with Crippen LogP contribution in [0.25, 0.3) is 111 Å². The molecule has 0 atom stereocenters. The van der Waals surface area contributed by atoms with Crippen LogP contribution in [0, 0.1) is 20.8 Å². The third-order valence-corrected chi connectivity index (χ3v) is 23.0. The first-order valence-electron chi connectivity index (χ1n) is 37.7. The summed E-state index contributed by atoms with van der Waals surface area (Å²) < 4.78 is 0. The molecule has 0 saturated carbocycles. The van der Waals surface area contributed by atoms with Crippen molar-refractivity contribution in [1.29, 1.82) is 0 Å². The van der Waals surface area contributed by atoms with Crippen molar-refractivity contribution >= 4 is 17.1 Å². The average Bonchev–Trinajstić information content (AvgIpc) is 1.53. The summed E-state index contributed by atoms with van der Waals surface area (Å²) in [5, 5.41) is 0. The maximum Gasteiger partial charge on any atom is 0.0714 e. The molecule has 0 amide bonds. The van der Waals surface area contributed by atoms with Crippen LogP contribution in [0.15, 0.2) is 413 Å². The fourth-order valence-corrected chi connectivity index (χ4v) is 17.4. The molecule has 2 aliphatic carbocycles. The van der Waals surface area contributed by atoms with Gasteiger partial charge in [0, 0.05) is 17.1 Å². The van der Waals surface area contributed by atoms with E-state index in [1.807, 2.05) is 0 Å². The highest BCUT2D eigenvalue weighted by Crippen LogP contribution is 2.60. The number of anilines is 3. The maximum absolute atomic E-state index is 2.49. The molecular formula is C107H77N. The maximum atomic E-state index is 2.49. The Balaban J connectivity index is 0.768. The lowest BCUT2D eigenvalue weighted by atomic mass is 9.67. The smallest absolute Gasteiger partial charge is 0.0714 e. The van der Waals surface area contributed by atoms with Gasteiger partial charge in [-0.1, -0.05) is 369 Å². The van der Waals surface area contributed by atoms with E-state index in [-0.39, 0.29) is 0 Å². The molecule has 0 aromatic heterocycles. The quantitative estimate of drug-likeness (QED) is 0.0989. The van der Waals surface area contributed by atoms with Gasteiger partial charge in [0.1, 0.15) is 0 Å². The summed E-state index contributed by atoms with van der Waals surface area (Å²) in [5.74, 6) is 0. The average molecular weight is 1380 g/mol. The van der Waals surface area contributed by atoms with E-state index in [1.54, 1.807) is 0 Å². The molecule has 510 valence electrons. The van der Waals surface area contributed by atoms with E-state index < -0.39 is 10.8 Å². The fraction of sp³-hybridized carbons (Fsp3) is 0.0467. The summed E-state index contributed by atoms with van der Waals surface area (Å²) >= 11 is 0. The molecule has 17 aromatic rings. The van der Waals surface area contributed by atoms with E-state index in [9.17, 15) is 0 Å². The van der Waals surface area contributed by atoms with Crippen molar-refractivity contribution in [3.8, 4) is 111 Å². The van der Waals surface area contributed by atoms with Crippen molar-refractivity contribution in [2.75, 3.05) is 4.90 Å². The Hall–Kier alpha value is -13.5. The molecule has 0 spiro atoms. The van der Waals surface area contributed by atoms with Gasteiger partial charge in [0.05, 0.1) is 10.8 Å². The summed E-state index contributed by atoms with van der Waals surface area (Å²) in [6, 6.07) is 155. The summed E-state index contributed by atoms with van der Waals surface area (Å²) in [7, 11) is 0. The third-order valence-electron chi connectivity index (χ3n) is 23.0. The minimum Gasteiger partial charge on any atom is -0.311 e. The molecule has 19 rings (SSSR count). The van der Waals surface area contributed by atoms with Crippen molar-refractivity contribution in [1.82, 2.24) is 0 Å². The molecule has 0 fully saturated rings. The number of hydrogen-bond donors (Lipinski definition) is 0. The highest BCUT2D eigenvalue weighted by Gasteiger charge is 2.48. The largest absolute Gasteiger partial charge is 0.311 e. The Kier molecular flexibility index (Phi) is 16.5. The molecule has 0 saturated heterocycles. The van der Waals surface area contributed by atoms with Gasteiger partial charge in [-0.15, -0.1) is 0 Å². The van der Waals surface area contributed by atoms with Gasteiger partial charge in [0.2, 0.25) is 0 Å². The van der Waals surface area contributed by atoms with Gasteiger partial charge in [-0.05, 0) is 237 Å². The van der Waals surface area contributed by atoms with Crippen LogP contribution in [0.3, 0.4) is 0 Å². The number of hydrogen-bond acceptors (Lipinski definition) is 1. The molecule has 0 unspecified atom stereocenters. The first-order chi connectivity index (χ1) is 53.2. The van der Waals surface area contributed by atoms with Crippen LogP contribution in [0.4, 0.5) is 17.1 Å². The van der Waals surface area contributed by atoms with Gasteiger partial charge in [0.15, 0.2) is 0 Å². The molecule has 17 aromatic carbocycles. The summed E-state index contributed by atoms with van der Waals surface area (Å²) in [5.41, 5.74) is 39.3. The Labute approximate surface area is 634 Å². The van der Waals surface area contributed by atoms with Crippen LogP contribution in [0.2, 0.25) is 0 Å². The summed E-state index contributed by atoms with van der Waals surface area (Å²) in [6.45, 7) is 6.57.